The van der Waals surface area contributed by atoms with E-state index >= 15 is 0 Å². The third-order valence-electron chi connectivity index (χ3n) is 4.28. The number of hydrogen-bond donors (Lipinski definition) is 1. The van der Waals surface area contributed by atoms with Crippen molar-refractivity contribution in [2.24, 2.45) is 5.92 Å². The second-order valence-corrected chi connectivity index (χ2v) is 8.55. The Hall–Kier alpha value is -1.40. The highest BCUT2D eigenvalue weighted by atomic mass is 32.2. The topological polar surface area (TPSA) is 66.5 Å². The van der Waals surface area contributed by atoms with Gasteiger partial charge >= 0.3 is 0 Å². The van der Waals surface area contributed by atoms with Crippen LogP contribution in [0.4, 0.5) is 0 Å². The molecule has 0 saturated carbocycles. The predicted octanol–water partition coefficient (Wildman–Crippen LogP) is 2.35. The molecule has 5 nitrogen and oxygen atoms in total. The number of benzene rings is 1. The second kappa shape index (κ2) is 7.01. The molecule has 0 spiro atoms. The van der Waals surface area contributed by atoms with Crippen LogP contribution in [0.25, 0.3) is 0 Å². The minimum Gasteiger partial charge on any atom is -0.340 e. The number of carbonyl (C=O) groups is 1. The molecule has 23 heavy (non-hydrogen) atoms. The highest BCUT2D eigenvalue weighted by Gasteiger charge is 2.31. The molecule has 1 amide bonds. The maximum absolute atomic E-state index is 12.4. The Balaban J connectivity index is 1.98. The summed E-state index contributed by atoms with van der Waals surface area (Å²) in [4.78, 5) is 13.9. The summed E-state index contributed by atoms with van der Waals surface area (Å²) >= 11 is 0. The Kier molecular flexibility index (Phi) is 5.47. The number of rotatable bonds is 6. The van der Waals surface area contributed by atoms with Crippen LogP contribution in [0.5, 0.6) is 0 Å². The summed E-state index contributed by atoms with van der Waals surface area (Å²) in [6.45, 7) is 8.99. The molecular weight excluding hydrogens is 312 g/mol. The van der Waals surface area contributed by atoms with Gasteiger partial charge in [-0.2, -0.15) is 0 Å². The van der Waals surface area contributed by atoms with Crippen LogP contribution in [-0.4, -0.2) is 38.4 Å². The van der Waals surface area contributed by atoms with Gasteiger partial charge in [0.1, 0.15) is 0 Å². The molecule has 1 fully saturated rings. The molecule has 2 rings (SSSR count). The van der Waals surface area contributed by atoms with Crippen molar-refractivity contribution in [3.63, 3.8) is 0 Å². The summed E-state index contributed by atoms with van der Waals surface area (Å²) in [5.41, 5.74) is 1.11. The van der Waals surface area contributed by atoms with Gasteiger partial charge in [-0.25, -0.2) is 13.1 Å². The smallest absolute Gasteiger partial charge is 0.240 e. The van der Waals surface area contributed by atoms with Gasteiger partial charge < -0.3 is 4.90 Å². The number of carbonyl (C=O) groups excluding carboxylic acids is 1. The van der Waals surface area contributed by atoms with Gasteiger partial charge in [0.2, 0.25) is 15.9 Å². The zero-order valence-corrected chi connectivity index (χ0v) is 15.1. The van der Waals surface area contributed by atoms with Gasteiger partial charge in [-0.15, -0.1) is 0 Å². The van der Waals surface area contributed by atoms with Crippen molar-refractivity contribution in [3.8, 4) is 0 Å². The molecule has 1 saturated heterocycles. The fraction of sp³-hybridized carbons (Fsp3) is 0.588. The van der Waals surface area contributed by atoms with Crippen molar-refractivity contribution in [1.29, 1.82) is 0 Å². The van der Waals surface area contributed by atoms with Crippen LogP contribution < -0.4 is 4.72 Å². The van der Waals surface area contributed by atoms with E-state index in [0.717, 1.165) is 5.56 Å². The van der Waals surface area contributed by atoms with Gasteiger partial charge in [-0.1, -0.05) is 26.0 Å². The zero-order valence-electron chi connectivity index (χ0n) is 14.2. The Bertz CT molecular complexity index is 651. The lowest BCUT2D eigenvalue weighted by atomic mass is 10.0. The predicted molar refractivity (Wildman–Crippen MR) is 90.7 cm³/mol. The van der Waals surface area contributed by atoms with Crippen molar-refractivity contribution >= 4 is 15.9 Å². The first-order chi connectivity index (χ1) is 10.7. The van der Waals surface area contributed by atoms with Gasteiger partial charge in [-0.05, 0) is 43.4 Å². The quantitative estimate of drug-likeness (QED) is 0.866. The van der Waals surface area contributed by atoms with Crippen LogP contribution in [0.2, 0.25) is 0 Å². The SMILES string of the molecule is CC(C)c1ccc(S(=O)(=O)NCC2CC(=O)N(C(C)C)C2)cc1. The van der Waals surface area contributed by atoms with E-state index in [2.05, 4.69) is 18.6 Å². The molecule has 0 radical (unpaired) electrons. The fourth-order valence-corrected chi connectivity index (χ4v) is 3.90. The van der Waals surface area contributed by atoms with Crippen LogP contribution in [-0.2, 0) is 14.8 Å². The summed E-state index contributed by atoms with van der Waals surface area (Å²) < 4.78 is 27.4. The molecule has 1 aliphatic rings. The molecule has 6 heteroatoms. The summed E-state index contributed by atoms with van der Waals surface area (Å²) in [5, 5.41) is 0. The third kappa shape index (κ3) is 4.32. The highest BCUT2D eigenvalue weighted by Crippen LogP contribution is 2.21. The zero-order chi connectivity index (χ0) is 17.2. The lowest BCUT2D eigenvalue weighted by Crippen LogP contribution is -2.34. The summed E-state index contributed by atoms with van der Waals surface area (Å²) in [7, 11) is -3.53. The van der Waals surface area contributed by atoms with Gasteiger partial charge in [0.05, 0.1) is 4.90 Å². The van der Waals surface area contributed by atoms with Crippen LogP contribution in [0.3, 0.4) is 0 Å². The van der Waals surface area contributed by atoms with Gasteiger partial charge in [0.15, 0.2) is 0 Å². The second-order valence-electron chi connectivity index (χ2n) is 6.79. The molecule has 1 aromatic rings. The highest BCUT2D eigenvalue weighted by molar-refractivity contribution is 7.89. The van der Waals surface area contributed by atoms with E-state index in [1.165, 1.54) is 0 Å². The van der Waals surface area contributed by atoms with Crippen LogP contribution in [0.15, 0.2) is 29.2 Å². The largest absolute Gasteiger partial charge is 0.340 e. The Morgan fingerprint density at radius 2 is 1.78 bits per heavy atom. The van der Waals surface area contributed by atoms with Gasteiger partial charge in [0.25, 0.3) is 0 Å². The number of nitrogens with one attached hydrogen (secondary N) is 1. The molecule has 1 atom stereocenters. The van der Waals surface area contributed by atoms with Crippen LogP contribution in [0, 0.1) is 5.92 Å². The number of likely N-dealkylation sites (tertiary alicyclic amines) is 1. The summed E-state index contributed by atoms with van der Waals surface area (Å²) in [6, 6.07) is 7.13. The monoisotopic (exact) mass is 338 g/mol. The molecule has 1 aromatic carbocycles. The number of hydrogen-bond acceptors (Lipinski definition) is 3. The lowest BCUT2D eigenvalue weighted by molar-refractivity contribution is -0.129. The average Bonchev–Trinajstić information content (AvgIpc) is 2.87. The van der Waals surface area contributed by atoms with E-state index in [4.69, 9.17) is 0 Å². The molecule has 1 unspecified atom stereocenters. The standard InChI is InChI=1S/C17H26N2O3S/c1-12(2)15-5-7-16(8-6-15)23(21,22)18-10-14-9-17(20)19(11-14)13(3)4/h5-8,12-14,18H,9-11H2,1-4H3. The van der Waals surface area contributed by atoms with Crippen molar-refractivity contribution in [2.45, 2.75) is 51.0 Å². The van der Waals surface area contributed by atoms with E-state index in [9.17, 15) is 13.2 Å². The number of nitrogens with zero attached hydrogens (tertiary/aromatic N) is 1. The fourth-order valence-electron chi connectivity index (χ4n) is 2.79. The molecule has 1 N–H and O–H groups in total. The Labute approximate surface area is 139 Å². The molecule has 0 bridgehead atoms. The maximum atomic E-state index is 12.4. The average molecular weight is 338 g/mol. The molecule has 0 aliphatic carbocycles. The Morgan fingerprint density at radius 3 is 2.26 bits per heavy atom. The van der Waals surface area contributed by atoms with Crippen molar-refractivity contribution in [2.75, 3.05) is 13.1 Å². The third-order valence-corrected chi connectivity index (χ3v) is 5.72. The van der Waals surface area contributed by atoms with Gasteiger partial charge in [-0.3, -0.25) is 4.79 Å². The summed E-state index contributed by atoms with van der Waals surface area (Å²) in [6.07, 6.45) is 0.410. The molecule has 1 heterocycles. The molecule has 128 valence electrons. The number of amides is 1. The molecule has 0 aromatic heterocycles. The van der Waals surface area contributed by atoms with Crippen LogP contribution in [0.1, 0.15) is 45.6 Å². The normalized spacial score (nSPS) is 19.1. The minimum absolute atomic E-state index is 0.0367. The number of sulfonamides is 1. The maximum Gasteiger partial charge on any atom is 0.240 e. The molecule has 1 aliphatic heterocycles. The lowest BCUT2D eigenvalue weighted by Gasteiger charge is -2.21. The van der Waals surface area contributed by atoms with E-state index in [-0.39, 0.29) is 22.8 Å². The van der Waals surface area contributed by atoms with E-state index in [0.29, 0.717) is 25.4 Å². The van der Waals surface area contributed by atoms with E-state index < -0.39 is 10.0 Å². The minimum atomic E-state index is -3.53. The van der Waals surface area contributed by atoms with Crippen molar-refractivity contribution in [3.05, 3.63) is 29.8 Å². The first kappa shape index (κ1) is 17.9. The first-order valence-corrected chi connectivity index (χ1v) is 9.58. The van der Waals surface area contributed by atoms with Crippen LogP contribution >= 0.6 is 0 Å². The van der Waals surface area contributed by atoms with Crippen molar-refractivity contribution in [1.82, 2.24) is 9.62 Å². The van der Waals surface area contributed by atoms with E-state index in [1.807, 2.05) is 26.0 Å². The summed E-state index contributed by atoms with van der Waals surface area (Å²) in [5.74, 6) is 0.506. The van der Waals surface area contributed by atoms with Crippen molar-refractivity contribution < 1.29 is 13.2 Å². The van der Waals surface area contributed by atoms with E-state index in [1.54, 1.807) is 17.0 Å². The Morgan fingerprint density at radius 1 is 1.17 bits per heavy atom. The van der Waals surface area contributed by atoms with Gasteiger partial charge in [0, 0.05) is 25.6 Å². The molecular formula is C17H26N2O3S. The first-order valence-electron chi connectivity index (χ1n) is 8.10.